The van der Waals surface area contributed by atoms with E-state index in [1.807, 2.05) is 0 Å². The second-order valence-corrected chi connectivity index (χ2v) is 5.37. The Balaban J connectivity index is 1.69. The Labute approximate surface area is 120 Å². The first-order valence-corrected chi connectivity index (χ1v) is 7.15. The molecule has 3 nitrogen and oxygen atoms in total. The van der Waals surface area contributed by atoms with Gasteiger partial charge in [-0.1, -0.05) is 24.3 Å². The molecule has 1 aliphatic rings. The fourth-order valence-electron chi connectivity index (χ4n) is 2.81. The predicted octanol–water partition coefficient (Wildman–Crippen LogP) is 2.90. The molecule has 20 heavy (non-hydrogen) atoms. The molecule has 0 radical (unpaired) electrons. The normalized spacial score (nSPS) is 15.4. The van der Waals surface area contributed by atoms with Crippen molar-refractivity contribution in [1.82, 2.24) is 0 Å². The Morgan fingerprint density at radius 1 is 0.850 bits per heavy atom. The zero-order valence-corrected chi connectivity index (χ0v) is 11.9. The summed E-state index contributed by atoms with van der Waals surface area (Å²) in [5.41, 5.74) is 10.7. The average Bonchev–Trinajstić information content (AvgIpc) is 2.48. The molecule has 0 unspecified atom stereocenters. The minimum atomic E-state index is 0.887. The Kier molecular flexibility index (Phi) is 3.50. The standard InChI is InChI=1S/C17H21N3/c1-14-7-8-17(16(18)13-14)20-11-9-19(10-12-20)15-5-3-2-4-6-15/h2-8,13H,9-12,18H2,1H3. The Morgan fingerprint density at radius 2 is 1.50 bits per heavy atom. The van der Waals surface area contributed by atoms with E-state index in [1.54, 1.807) is 0 Å². The number of rotatable bonds is 2. The zero-order chi connectivity index (χ0) is 13.9. The Morgan fingerprint density at radius 3 is 2.15 bits per heavy atom. The number of hydrogen-bond acceptors (Lipinski definition) is 3. The van der Waals surface area contributed by atoms with E-state index in [0.717, 1.165) is 31.9 Å². The van der Waals surface area contributed by atoms with Gasteiger partial charge >= 0.3 is 0 Å². The maximum absolute atomic E-state index is 6.14. The van der Waals surface area contributed by atoms with Crippen molar-refractivity contribution in [2.24, 2.45) is 0 Å². The molecular weight excluding hydrogens is 246 g/mol. The first-order chi connectivity index (χ1) is 9.74. The van der Waals surface area contributed by atoms with E-state index in [0.29, 0.717) is 0 Å². The van der Waals surface area contributed by atoms with E-state index in [-0.39, 0.29) is 0 Å². The summed E-state index contributed by atoms with van der Waals surface area (Å²) in [7, 11) is 0. The van der Waals surface area contributed by atoms with E-state index in [4.69, 9.17) is 5.73 Å². The van der Waals surface area contributed by atoms with Crippen LogP contribution in [0.15, 0.2) is 48.5 Å². The van der Waals surface area contributed by atoms with Crippen LogP contribution in [0.3, 0.4) is 0 Å². The highest BCUT2D eigenvalue weighted by atomic mass is 15.3. The first kappa shape index (κ1) is 12.9. The molecule has 0 saturated carbocycles. The molecule has 2 aromatic carbocycles. The van der Waals surface area contributed by atoms with Gasteiger partial charge in [-0.3, -0.25) is 0 Å². The number of anilines is 3. The summed E-state index contributed by atoms with van der Waals surface area (Å²) >= 11 is 0. The fourth-order valence-corrected chi connectivity index (χ4v) is 2.81. The van der Waals surface area contributed by atoms with Gasteiger partial charge in [0.2, 0.25) is 0 Å². The second-order valence-electron chi connectivity index (χ2n) is 5.37. The lowest BCUT2D eigenvalue weighted by Crippen LogP contribution is -2.46. The lowest BCUT2D eigenvalue weighted by Gasteiger charge is -2.37. The van der Waals surface area contributed by atoms with Gasteiger partial charge in [0.15, 0.2) is 0 Å². The maximum atomic E-state index is 6.14. The summed E-state index contributed by atoms with van der Waals surface area (Å²) < 4.78 is 0. The topological polar surface area (TPSA) is 32.5 Å². The smallest absolute Gasteiger partial charge is 0.0601 e. The van der Waals surface area contributed by atoms with Crippen molar-refractivity contribution in [2.75, 3.05) is 41.7 Å². The first-order valence-electron chi connectivity index (χ1n) is 7.15. The molecule has 0 spiro atoms. The minimum Gasteiger partial charge on any atom is -0.397 e. The average molecular weight is 267 g/mol. The number of para-hydroxylation sites is 1. The van der Waals surface area contributed by atoms with Crippen molar-refractivity contribution in [1.29, 1.82) is 0 Å². The Bertz CT molecular complexity index is 572. The van der Waals surface area contributed by atoms with Crippen LogP contribution in [0.2, 0.25) is 0 Å². The number of nitrogen functional groups attached to an aromatic ring is 1. The molecule has 0 aliphatic carbocycles. The monoisotopic (exact) mass is 267 g/mol. The molecule has 1 saturated heterocycles. The van der Waals surface area contributed by atoms with Crippen LogP contribution in [-0.4, -0.2) is 26.2 Å². The molecule has 104 valence electrons. The van der Waals surface area contributed by atoms with Gasteiger partial charge in [-0.25, -0.2) is 0 Å². The molecule has 0 bridgehead atoms. The van der Waals surface area contributed by atoms with Gasteiger partial charge < -0.3 is 15.5 Å². The molecule has 0 aromatic heterocycles. The predicted molar refractivity (Wildman–Crippen MR) is 86.5 cm³/mol. The van der Waals surface area contributed by atoms with Crippen LogP contribution in [0, 0.1) is 6.92 Å². The van der Waals surface area contributed by atoms with Gasteiger partial charge in [0.05, 0.1) is 11.4 Å². The Hall–Kier alpha value is -2.16. The zero-order valence-electron chi connectivity index (χ0n) is 11.9. The molecular formula is C17H21N3. The number of hydrogen-bond donors (Lipinski definition) is 1. The van der Waals surface area contributed by atoms with Gasteiger partial charge in [-0.15, -0.1) is 0 Å². The summed E-state index contributed by atoms with van der Waals surface area (Å²) in [5, 5.41) is 0. The molecule has 2 aromatic rings. The van der Waals surface area contributed by atoms with E-state index in [9.17, 15) is 0 Å². The summed E-state index contributed by atoms with van der Waals surface area (Å²) in [6.45, 7) is 6.19. The van der Waals surface area contributed by atoms with Crippen molar-refractivity contribution >= 4 is 17.1 Å². The van der Waals surface area contributed by atoms with Gasteiger partial charge in [-0.2, -0.15) is 0 Å². The van der Waals surface area contributed by atoms with Crippen molar-refractivity contribution < 1.29 is 0 Å². The molecule has 1 heterocycles. The third-order valence-corrected chi connectivity index (χ3v) is 3.92. The summed E-state index contributed by atoms with van der Waals surface area (Å²) in [6, 6.07) is 16.9. The van der Waals surface area contributed by atoms with Crippen LogP contribution in [0.25, 0.3) is 0 Å². The lowest BCUT2D eigenvalue weighted by molar-refractivity contribution is 0.654. The molecule has 2 N–H and O–H groups in total. The van der Waals surface area contributed by atoms with Gasteiger partial charge in [0, 0.05) is 31.9 Å². The van der Waals surface area contributed by atoms with Crippen molar-refractivity contribution in [3.8, 4) is 0 Å². The van der Waals surface area contributed by atoms with E-state index >= 15 is 0 Å². The number of nitrogens with two attached hydrogens (primary N) is 1. The largest absolute Gasteiger partial charge is 0.397 e. The minimum absolute atomic E-state index is 0.887. The highest BCUT2D eigenvalue weighted by molar-refractivity contribution is 5.69. The lowest BCUT2D eigenvalue weighted by atomic mass is 10.1. The second kappa shape index (κ2) is 5.45. The molecule has 0 atom stereocenters. The van der Waals surface area contributed by atoms with Crippen LogP contribution in [0.5, 0.6) is 0 Å². The molecule has 3 rings (SSSR count). The van der Waals surface area contributed by atoms with Crippen LogP contribution in [0.4, 0.5) is 17.1 Å². The number of piperazine rings is 1. The quantitative estimate of drug-likeness (QED) is 0.849. The molecule has 1 aliphatic heterocycles. The highest BCUT2D eigenvalue weighted by Crippen LogP contribution is 2.26. The van der Waals surface area contributed by atoms with Crippen LogP contribution in [-0.2, 0) is 0 Å². The van der Waals surface area contributed by atoms with Crippen LogP contribution < -0.4 is 15.5 Å². The summed E-state index contributed by atoms with van der Waals surface area (Å²) in [6.07, 6.45) is 0. The molecule has 1 fully saturated rings. The van der Waals surface area contributed by atoms with Crippen LogP contribution in [0.1, 0.15) is 5.56 Å². The third kappa shape index (κ3) is 2.57. The summed E-state index contributed by atoms with van der Waals surface area (Å²) in [4.78, 5) is 4.81. The molecule has 0 amide bonds. The van der Waals surface area contributed by atoms with E-state index < -0.39 is 0 Å². The van der Waals surface area contributed by atoms with E-state index in [2.05, 4.69) is 65.3 Å². The maximum Gasteiger partial charge on any atom is 0.0601 e. The highest BCUT2D eigenvalue weighted by Gasteiger charge is 2.18. The number of aryl methyl sites for hydroxylation is 1. The van der Waals surface area contributed by atoms with E-state index in [1.165, 1.54) is 16.9 Å². The number of benzene rings is 2. The number of nitrogens with zero attached hydrogens (tertiary/aromatic N) is 2. The molecule has 3 heteroatoms. The van der Waals surface area contributed by atoms with Crippen molar-refractivity contribution in [3.05, 3.63) is 54.1 Å². The SMILES string of the molecule is Cc1ccc(N2CCN(c3ccccc3)CC2)c(N)c1. The summed E-state index contributed by atoms with van der Waals surface area (Å²) in [5.74, 6) is 0. The third-order valence-electron chi connectivity index (χ3n) is 3.92. The fraction of sp³-hybridized carbons (Fsp3) is 0.294. The van der Waals surface area contributed by atoms with Crippen molar-refractivity contribution in [2.45, 2.75) is 6.92 Å². The van der Waals surface area contributed by atoms with Gasteiger partial charge in [-0.05, 0) is 36.8 Å². The van der Waals surface area contributed by atoms with Gasteiger partial charge in [0.25, 0.3) is 0 Å². The van der Waals surface area contributed by atoms with Crippen LogP contribution >= 0.6 is 0 Å². The van der Waals surface area contributed by atoms with Crippen molar-refractivity contribution in [3.63, 3.8) is 0 Å². The van der Waals surface area contributed by atoms with Gasteiger partial charge in [0.1, 0.15) is 0 Å².